The third-order valence-electron chi connectivity index (χ3n) is 0. The van der Waals surface area contributed by atoms with Crippen LogP contribution in [0.4, 0.5) is 0 Å². The molecule has 0 aromatic carbocycles. The van der Waals surface area contributed by atoms with E-state index in [1.54, 1.807) is 0 Å². The third-order valence-corrected chi connectivity index (χ3v) is 0. The Bertz CT molecular complexity index is 11.5. The summed E-state index contributed by atoms with van der Waals surface area (Å²) in [7, 11) is 1.00. The maximum Gasteiger partial charge on any atom is 2.00 e. The minimum Gasteiger partial charge on any atom is -1.00 e. The van der Waals surface area contributed by atoms with Crippen LogP contribution in [0.15, 0.2) is 0 Å². The molecule has 4 heavy (non-hydrogen) atoms. The molecule has 0 aliphatic rings. The minimum atomic E-state index is 0. The molecule has 3 heteroatoms. The van der Waals surface area contributed by atoms with Crippen molar-refractivity contribution in [1.82, 2.24) is 0 Å². The maximum atomic E-state index is 7.00. The van der Waals surface area contributed by atoms with E-state index in [1.165, 1.54) is 0 Å². The molecule has 0 aliphatic carbocycles. The van der Waals surface area contributed by atoms with Crippen LogP contribution in [0.1, 0.15) is 2.85 Å². The molecule has 0 aromatic rings. The fraction of sp³-hybridized carbons (Fsp3) is 1.00. The molecule has 0 rings (SSSR count). The van der Waals surface area contributed by atoms with E-state index in [1.807, 2.05) is 0 Å². The summed E-state index contributed by atoms with van der Waals surface area (Å²) >= 11 is 0. The molecule has 0 fully saturated rings. The van der Waals surface area contributed by atoms with Crippen molar-refractivity contribution in [3.8, 4) is 0 Å². The number of hydrogen-bond donors (Lipinski definition) is 1. The van der Waals surface area contributed by atoms with Gasteiger partial charge in [0.2, 0.25) is 0 Å². The van der Waals surface area contributed by atoms with Gasteiger partial charge in [0.15, 0.2) is 0 Å². The molecule has 0 saturated heterocycles. The van der Waals surface area contributed by atoms with Crippen molar-refractivity contribution in [3.63, 3.8) is 0 Å². The average Bonchev–Trinajstić information content (AvgIpc) is 1.00. The van der Waals surface area contributed by atoms with Crippen LogP contribution in [0, 0.1) is 0 Å². The first-order valence-corrected chi connectivity index (χ1v) is 0.447. The Morgan fingerprint density at radius 3 is 1.50 bits per heavy atom. The molecule has 3 N–H and O–H groups in total. The standard InChI is InChI=1S/CH4O.Mg.H2O.2H/c1-2;;;;/h2H,1H3;;1H2;;/q;+2;;2*-1. The van der Waals surface area contributed by atoms with E-state index in [4.69, 9.17) is 5.11 Å². The van der Waals surface area contributed by atoms with Gasteiger partial charge in [-0.2, -0.15) is 0 Å². The molecule has 0 amide bonds. The molecule has 0 aliphatic heterocycles. The Labute approximate surface area is 44.3 Å². The second-order valence-electron chi connectivity index (χ2n) is 0. The van der Waals surface area contributed by atoms with Crippen LogP contribution >= 0.6 is 0 Å². The van der Waals surface area contributed by atoms with Crippen molar-refractivity contribution in [2.75, 3.05) is 7.11 Å². The van der Waals surface area contributed by atoms with E-state index >= 15 is 0 Å². The van der Waals surface area contributed by atoms with Crippen LogP contribution in [0.5, 0.6) is 0 Å². The number of hydrogen-bond acceptors (Lipinski definition) is 1. The van der Waals surface area contributed by atoms with Crippen molar-refractivity contribution >= 4 is 23.1 Å². The predicted molar refractivity (Wildman–Crippen MR) is 19.7 cm³/mol. The quantitative estimate of drug-likeness (QED) is 0.356. The van der Waals surface area contributed by atoms with E-state index in [0.717, 1.165) is 7.11 Å². The molecule has 0 spiro atoms. The van der Waals surface area contributed by atoms with Gasteiger partial charge in [0.05, 0.1) is 0 Å². The van der Waals surface area contributed by atoms with E-state index < -0.39 is 0 Å². The zero-order chi connectivity index (χ0) is 2.00. The monoisotopic (exact) mass is 76.0 g/mol. The van der Waals surface area contributed by atoms with Crippen LogP contribution in [0.3, 0.4) is 0 Å². The zero-order valence-corrected chi connectivity index (χ0v) is 4.07. The Morgan fingerprint density at radius 1 is 1.50 bits per heavy atom. The fourth-order valence-corrected chi connectivity index (χ4v) is 0. The molecular weight excluding hydrogens is 68.3 g/mol. The number of aliphatic hydroxyl groups is 1. The number of aliphatic hydroxyl groups excluding tert-OH is 1. The molecule has 26 valence electrons. The van der Waals surface area contributed by atoms with Gasteiger partial charge in [-0.3, -0.25) is 0 Å². The van der Waals surface area contributed by atoms with Crippen molar-refractivity contribution in [1.29, 1.82) is 0 Å². The van der Waals surface area contributed by atoms with Crippen molar-refractivity contribution in [3.05, 3.63) is 0 Å². The van der Waals surface area contributed by atoms with Crippen LogP contribution in [0.2, 0.25) is 0 Å². The van der Waals surface area contributed by atoms with E-state index in [2.05, 4.69) is 0 Å². The first-order chi connectivity index (χ1) is 1.00. The predicted octanol–water partition coefficient (Wildman–Crippen LogP) is -1.37. The van der Waals surface area contributed by atoms with Gasteiger partial charge in [0.25, 0.3) is 0 Å². The Kier molecular flexibility index (Phi) is 316. The normalized spacial score (nSPS) is 1.50. The molecule has 0 atom stereocenters. The third kappa shape index (κ3) is 16.2. The van der Waals surface area contributed by atoms with Crippen molar-refractivity contribution in [2.45, 2.75) is 0 Å². The zero-order valence-electron chi connectivity index (χ0n) is 4.65. The summed E-state index contributed by atoms with van der Waals surface area (Å²) in [6.07, 6.45) is 0. The molecule has 0 bridgehead atoms. The van der Waals surface area contributed by atoms with Gasteiger partial charge >= 0.3 is 23.1 Å². The van der Waals surface area contributed by atoms with Crippen LogP contribution in [0.25, 0.3) is 0 Å². The summed E-state index contributed by atoms with van der Waals surface area (Å²) in [6.45, 7) is 0. The largest absolute Gasteiger partial charge is 2.00 e. The second kappa shape index (κ2) is 56.5. The molecule has 0 radical (unpaired) electrons. The summed E-state index contributed by atoms with van der Waals surface area (Å²) in [6, 6.07) is 0. The molecule has 2 nitrogen and oxygen atoms in total. The Morgan fingerprint density at radius 2 is 1.50 bits per heavy atom. The van der Waals surface area contributed by atoms with Gasteiger partial charge in [0, 0.05) is 7.11 Å². The summed E-state index contributed by atoms with van der Waals surface area (Å²) in [5, 5.41) is 7.00. The summed E-state index contributed by atoms with van der Waals surface area (Å²) < 4.78 is 0. The summed E-state index contributed by atoms with van der Waals surface area (Å²) in [4.78, 5) is 0. The second-order valence-corrected chi connectivity index (χ2v) is 0. The first kappa shape index (κ1) is 22.4. The van der Waals surface area contributed by atoms with Crippen molar-refractivity contribution in [2.24, 2.45) is 0 Å². The smallest absolute Gasteiger partial charge is 1.00 e. The summed E-state index contributed by atoms with van der Waals surface area (Å²) in [5.41, 5.74) is 0. The van der Waals surface area contributed by atoms with Gasteiger partial charge in [-0.1, -0.05) is 0 Å². The maximum absolute atomic E-state index is 7.00. The number of rotatable bonds is 0. The molecule has 0 unspecified atom stereocenters. The molecule has 0 aromatic heterocycles. The Hall–Kier alpha value is 0.686. The SMILES string of the molecule is CO.O.[H-].[H-].[Mg+2]. The first-order valence-electron chi connectivity index (χ1n) is 0.447. The average molecular weight is 76.4 g/mol. The van der Waals surface area contributed by atoms with Crippen molar-refractivity contribution < 1.29 is 13.4 Å². The van der Waals surface area contributed by atoms with Crippen LogP contribution in [-0.4, -0.2) is 40.7 Å². The van der Waals surface area contributed by atoms with Gasteiger partial charge in [-0.25, -0.2) is 0 Å². The fourth-order valence-electron chi connectivity index (χ4n) is 0. The van der Waals surface area contributed by atoms with Crippen LogP contribution in [-0.2, 0) is 0 Å². The summed E-state index contributed by atoms with van der Waals surface area (Å²) in [5.74, 6) is 0. The van der Waals surface area contributed by atoms with E-state index in [9.17, 15) is 0 Å². The van der Waals surface area contributed by atoms with Gasteiger partial charge in [-0.15, -0.1) is 0 Å². The van der Waals surface area contributed by atoms with E-state index in [0.29, 0.717) is 0 Å². The van der Waals surface area contributed by atoms with Crippen LogP contribution < -0.4 is 0 Å². The Balaban J connectivity index is -0.000000000833. The topological polar surface area (TPSA) is 51.7 Å². The van der Waals surface area contributed by atoms with Gasteiger partial charge < -0.3 is 13.4 Å². The van der Waals surface area contributed by atoms with E-state index in [-0.39, 0.29) is 31.4 Å². The van der Waals surface area contributed by atoms with Gasteiger partial charge in [-0.05, 0) is 0 Å². The molecular formula is CH8MgO2. The molecule has 0 saturated carbocycles. The minimum absolute atomic E-state index is 0. The van der Waals surface area contributed by atoms with Gasteiger partial charge in [0.1, 0.15) is 0 Å². The molecule has 0 heterocycles.